The third kappa shape index (κ3) is 5.28. The van der Waals surface area contributed by atoms with Gasteiger partial charge in [-0.3, -0.25) is 10.1 Å². The summed E-state index contributed by atoms with van der Waals surface area (Å²) in [5.41, 5.74) is 1.76. The van der Waals surface area contributed by atoms with Gasteiger partial charge in [0, 0.05) is 28.9 Å². The van der Waals surface area contributed by atoms with E-state index in [1.54, 1.807) is 36.5 Å². The summed E-state index contributed by atoms with van der Waals surface area (Å²) in [6.45, 7) is 0.247. The molecule has 6 unspecified atom stereocenters. The molecular weight excluding hydrogens is 475 g/mol. The number of halogens is 4. The number of hydrazone groups is 1. The van der Waals surface area contributed by atoms with Crippen LogP contribution in [0.3, 0.4) is 0 Å². The van der Waals surface area contributed by atoms with Crippen LogP contribution in [0, 0.1) is 33.8 Å². The maximum atomic E-state index is 13.7. The number of hydrogen-bond donors (Lipinski definition) is 2. The Kier molecular flexibility index (Phi) is 6.99. The number of alkyl halides is 3. The van der Waals surface area contributed by atoms with Crippen LogP contribution >= 0.6 is 11.6 Å². The summed E-state index contributed by atoms with van der Waals surface area (Å²) < 4.78 is 46.8. The van der Waals surface area contributed by atoms with Crippen molar-refractivity contribution in [1.29, 1.82) is 0 Å². The predicted molar refractivity (Wildman–Crippen MR) is 120 cm³/mol. The fourth-order valence-electron chi connectivity index (χ4n) is 4.59. The van der Waals surface area contributed by atoms with Gasteiger partial charge in [0.1, 0.15) is 11.5 Å². The van der Waals surface area contributed by atoms with Gasteiger partial charge in [0.05, 0.1) is 23.7 Å². The summed E-state index contributed by atoms with van der Waals surface area (Å²) in [5.74, 6) is -1.79. The first-order valence-electron chi connectivity index (χ1n) is 10.8. The zero-order valence-corrected chi connectivity index (χ0v) is 18.6. The Morgan fingerprint density at radius 2 is 2.00 bits per heavy atom. The summed E-state index contributed by atoms with van der Waals surface area (Å²) >= 11 is 5.94. The van der Waals surface area contributed by atoms with Crippen LogP contribution in [0.5, 0.6) is 0 Å². The number of hydrogen-bond acceptors (Lipinski definition) is 6. The van der Waals surface area contributed by atoms with Gasteiger partial charge >= 0.3 is 6.18 Å². The Hall–Kier alpha value is -2.85. The van der Waals surface area contributed by atoms with Crippen LogP contribution in [0.2, 0.25) is 0 Å². The van der Waals surface area contributed by atoms with Gasteiger partial charge in [-0.2, -0.15) is 18.3 Å². The van der Waals surface area contributed by atoms with Gasteiger partial charge in [0.15, 0.2) is 0 Å². The Labute approximate surface area is 198 Å². The predicted octanol–water partition coefficient (Wildman–Crippen LogP) is 4.38. The number of nitro groups is 1. The average Bonchev–Trinajstić information content (AvgIpc) is 3.24. The molecule has 4 rings (SSSR count). The van der Waals surface area contributed by atoms with Gasteiger partial charge in [-0.15, -0.1) is 0 Å². The number of aliphatic hydroxyl groups excluding tert-OH is 1. The number of rotatable bonds is 6. The van der Waals surface area contributed by atoms with Gasteiger partial charge in [-0.1, -0.05) is 35.9 Å². The normalized spacial score (nSPS) is 33.0. The van der Waals surface area contributed by atoms with E-state index in [0.29, 0.717) is 23.6 Å². The molecule has 0 bridgehead atoms. The lowest BCUT2D eigenvalue weighted by Gasteiger charge is -2.34. The lowest BCUT2D eigenvalue weighted by Crippen LogP contribution is -2.47. The van der Waals surface area contributed by atoms with Gasteiger partial charge in [-0.25, -0.2) is 0 Å². The zero-order valence-electron chi connectivity index (χ0n) is 17.9. The maximum absolute atomic E-state index is 13.7. The van der Waals surface area contributed by atoms with E-state index in [-0.39, 0.29) is 18.2 Å². The first kappa shape index (κ1) is 24.3. The number of allylic oxidation sites excluding steroid dienone is 7. The van der Waals surface area contributed by atoms with Crippen molar-refractivity contribution in [2.24, 2.45) is 28.8 Å². The van der Waals surface area contributed by atoms with Crippen molar-refractivity contribution in [2.75, 3.05) is 6.61 Å². The summed E-state index contributed by atoms with van der Waals surface area (Å²) in [4.78, 5) is 10.3. The number of aliphatic hydroxyl groups is 1. The molecule has 0 aromatic carbocycles. The molecule has 182 valence electrons. The molecule has 0 aromatic heterocycles. The minimum Gasteiger partial charge on any atom is -0.493 e. The molecular formula is C23H23ClF3N3O4. The minimum atomic E-state index is -4.60. The van der Waals surface area contributed by atoms with Crippen molar-refractivity contribution in [3.63, 3.8) is 0 Å². The van der Waals surface area contributed by atoms with Gasteiger partial charge in [0.2, 0.25) is 0 Å². The van der Waals surface area contributed by atoms with E-state index in [4.69, 9.17) is 16.3 Å². The highest BCUT2D eigenvalue weighted by Gasteiger charge is 2.52. The second-order valence-electron chi connectivity index (χ2n) is 8.57. The van der Waals surface area contributed by atoms with Crippen LogP contribution in [0.25, 0.3) is 0 Å². The first-order chi connectivity index (χ1) is 16.1. The van der Waals surface area contributed by atoms with E-state index >= 15 is 0 Å². The monoisotopic (exact) mass is 497 g/mol. The van der Waals surface area contributed by atoms with Crippen molar-refractivity contribution in [3.05, 3.63) is 81.3 Å². The van der Waals surface area contributed by atoms with E-state index in [2.05, 4.69) is 10.5 Å². The molecule has 0 aromatic rings. The second-order valence-corrected chi connectivity index (χ2v) is 9.01. The molecule has 34 heavy (non-hydrogen) atoms. The molecule has 0 saturated carbocycles. The molecule has 0 spiro atoms. The maximum Gasteiger partial charge on any atom is 0.431 e. The highest BCUT2D eigenvalue weighted by Crippen LogP contribution is 2.40. The summed E-state index contributed by atoms with van der Waals surface area (Å²) in [6, 6.07) is -0.771. The number of ether oxygens (including phenoxy) is 1. The first-order valence-corrected chi connectivity index (χ1v) is 11.2. The second kappa shape index (κ2) is 9.79. The molecule has 2 N–H and O–H groups in total. The van der Waals surface area contributed by atoms with Crippen LogP contribution in [0.4, 0.5) is 13.2 Å². The topological polar surface area (TPSA) is 97.0 Å². The fourth-order valence-corrected chi connectivity index (χ4v) is 4.75. The Morgan fingerprint density at radius 1 is 1.21 bits per heavy atom. The standard InChI is InChI=1S/C23H23ClF3N3O4/c24-15-5-3-14(4-6-15)20-21(28-29-22(20)23(25,26)27)18-10-9-17(11-19(18)31)34-12-13-1-7-16(8-2-13)30(32)33/h1,3,5-11,13-14,18-21,28,31H,2,4,12H2. The number of nitrogens with zero attached hydrogens (tertiary/aromatic N) is 2. The SMILES string of the molecule is O=[N+]([O-])C1=CCC(COC2=CC(O)C(C3NN=C(C(F)(F)F)C3C3C=CC(Cl)=CC3)C=C2)C=C1. The van der Waals surface area contributed by atoms with Crippen LogP contribution < -0.4 is 5.43 Å². The van der Waals surface area contributed by atoms with Crippen molar-refractivity contribution >= 4 is 17.3 Å². The molecule has 7 nitrogen and oxygen atoms in total. The Balaban J connectivity index is 1.41. The zero-order chi connectivity index (χ0) is 24.5. The highest BCUT2D eigenvalue weighted by molar-refractivity contribution is 6.31. The lowest BCUT2D eigenvalue weighted by atomic mass is 9.73. The van der Waals surface area contributed by atoms with Crippen molar-refractivity contribution < 1.29 is 27.9 Å². The summed E-state index contributed by atoms with van der Waals surface area (Å²) in [6.07, 6.45) is 9.41. The number of nitrogens with one attached hydrogen (secondary N) is 1. The van der Waals surface area contributed by atoms with E-state index in [1.165, 1.54) is 18.2 Å². The molecule has 1 heterocycles. The van der Waals surface area contributed by atoms with Gasteiger partial charge in [-0.05, 0) is 43.1 Å². The molecule has 0 radical (unpaired) electrons. The molecule has 3 aliphatic carbocycles. The minimum absolute atomic E-state index is 0.0379. The summed E-state index contributed by atoms with van der Waals surface area (Å²) in [7, 11) is 0. The fraction of sp³-hybridized carbons (Fsp3) is 0.435. The van der Waals surface area contributed by atoms with E-state index in [1.807, 2.05) is 0 Å². The molecule has 1 aliphatic heterocycles. The highest BCUT2D eigenvalue weighted by atomic mass is 35.5. The Morgan fingerprint density at radius 3 is 2.59 bits per heavy atom. The van der Waals surface area contributed by atoms with Gasteiger partial charge < -0.3 is 15.3 Å². The Bertz CT molecular complexity index is 1040. The molecule has 11 heteroatoms. The van der Waals surface area contributed by atoms with Crippen molar-refractivity contribution in [2.45, 2.75) is 31.2 Å². The quantitative estimate of drug-likeness (QED) is 0.419. The smallest absolute Gasteiger partial charge is 0.431 e. The van der Waals surface area contributed by atoms with E-state index in [0.717, 1.165) is 0 Å². The van der Waals surface area contributed by atoms with Crippen LogP contribution in [-0.4, -0.2) is 40.7 Å². The molecule has 0 saturated heterocycles. The third-order valence-corrected chi connectivity index (χ3v) is 6.63. The van der Waals surface area contributed by atoms with E-state index in [9.17, 15) is 28.4 Å². The molecule has 6 atom stereocenters. The average molecular weight is 498 g/mol. The molecule has 4 aliphatic rings. The van der Waals surface area contributed by atoms with Crippen molar-refractivity contribution in [3.8, 4) is 0 Å². The molecule has 0 fully saturated rings. The van der Waals surface area contributed by atoms with E-state index < -0.39 is 46.7 Å². The van der Waals surface area contributed by atoms with Crippen molar-refractivity contribution in [1.82, 2.24) is 5.43 Å². The largest absolute Gasteiger partial charge is 0.493 e. The summed E-state index contributed by atoms with van der Waals surface area (Å²) in [5, 5.41) is 25.6. The van der Waals surface area contributed by atoms with Crippen LogP contribution in [0.1, 0.15) is 12.8 Å². The third-order valence-electron chi connectivity index (χ3n) is 6.35. The van der Waals surface area contributed by atoms with Gasteiger partial charge in [0.25, 0.3) is 5.70 Å². The lowest BCUT2D eigenvalue weighted by molar-refractivity contribution is -0.419. The molecule has 0 amide bonds. The van der Waals surface area contributed by atoms with Crippen LogP contribution in [0.15, 0.2) is 76.3 Å². The van der Waals surface area contributed by atoms with Crippen LogP contribution in [-0.2, 0) is 4.74 Å².